The van der Waals surface area contributed by atoms with Crippen LogP contribution in [-0.2, 0) is 0 Å². The van der Waals surface area contributed by atoms with Gasteiger partial charge in [-0.3, -0.25) is 4.79 Å². The molecular weight excluding hydrogens is 451 g/mol. The second-order valence-corrected chi connectivity index (χ2v) is 9.33. The number of anilines is 2. The summed E-state index contributed by atoms with van der Waals surface area (Å²) in [5.41, 5.74) is 2.85. The average Bonchev–Trinajstić information content (AvgIpc) is 3.18. The van der Waals surface area contributed by atoms with Gasteiger partial charge in [-0.05, 0) is 45.2 Å². The second-order valence-electron chi connectivity index (χ2n) is 9.33. The lowest BCUT2D eigenvalue weighted by atomic mass is 10.2. The summed E-state index contributed by atoms with van der Waals surface area (Å²) in [6.45, 7) is 5.38. The van der Waals surface area contributed by atoms with Crippen LogP contribution in [-0.4, -0.2) is 62.2 Å². The summed E-state index contributed by atoms with van der Waals surface area (Å²) in [6, 6.07) is 4.76. The molecule has 1 saturated heterocycles. The van der Waals surface area contributed by atoms with E-state index in [9.17, 15) is 9.18 Å². The number of carbonyl (C=O) groups is 1. The number of pyridine rings is 2. The first-order chi connectivity index (χ1) is 16.9. The van der Waals surface area contributed by atoms with Crippen LogP contribution in [0.25, 0.3) is 11.3 Å². The van der Waals surface area contributed by atoms with Crippen LogP contribution in [0.1, 0.15) is 41.3 Å². The zero-order chi connectivity index (χ0) is 24.3. The molecule has 182 valence electrons. The molecule has 10 nitrogen and oxygen atoms in total. The largest absolute Gasteiger partial charge is 0.491 e. The molecule has 0 aromatic carbocycles. The fourth-order valence-corrected chi connectivity index (χ4v) is 4.84. The predicted octanol–water partition coefficient (Wildman–Crippen LogP) is 2.72. The van der Waals surface area contributed by atoms with Crippen LogP contribution in [0.3, 0.4) is 0 Å². The number of rotatable bonds is 6. The number of ether oxygens (including phenoxy) is 1. The van der Waals surface area contributed by atoms with Gasteiger partial charge in [0.05, 0.1) is 18.5 Å². The Labute approximate surface area is 201 Å². The van der Waals surface area contributed by atoms with E-state index in [1.165, 1.54) is 24.4 Å². The number of aromatic nitrogens is 5. The summed E-state index contributed by atoms with van der Waals surface area (Å²) in [6.07, 6.45) is 6.86. The first kappa shape index (κ1) is 21.8. The Morgan fingerprint density at radius 2 is 1.94 bits per heavy atom. The Morgan fingerprint density at radius 3 is 2.71 bits per heavy atom. The normalized spacial score (nSPS) is 18.1. The van der Waals surface area contributed by atoms with Gasteiger partial charge in [0.2, 0.25) is 5.82 Å². The van der Waals surface area contributed by atoms with E-state index in [1.807, 2.05) is 6.07 Å². The fourth-order valence-electron chi connectivity index (χ4n) is 4.84. The molecule has 2 aliphatic rings. The van der Waals surface area contributed by atoms with Crippen LogP contribution in [0.15, 0.2) is 24.5 Å². The molecule has 0 spiro atoms. The highest BCUT2D eigenvalue weighted by molar-refractivity contribution is 6.04. The highest BCUT2D eigenvalue weighted by atomic mass is 19.1. The lowest BCUT2D eigenvalue weighted by molar-refractivity contribution is 0.101. The van der Waals surface area contributed by atoms with E-state index in [0.29, 0.717) is 34.9 Å². The number of halogens is 1. The molecule has 35 heavy (non-hydrogen) atoms. The summed E-state index contributed by atoms with van der Waals surface area (Å²) in [4.78, 5) is 24.4. The number of fused-ring (bicyclic) bond motifs is 2. The van der Waals surface area contributed by atoms with Crippen LogP contribution in [0.4, 0.5) is 15.8 Å². The number of amides is 1. The van der Waals surface area contributed by atoms with Crippen molar-refractivity contribution in [3.63, 3.8) is 0 Å². The lowest BCUT2D eigenvalue weighted by Gasteiger charge is -2.20. The zero-order valence-electron chi connectivity index (χ0n) is 19.9. The molecule has 0 bridgehead atoms. The summed E-state index contributed by atoms with van der Waals surface area (Å²) in [5.74, 6) is -0.600. The Kier molecular flexibility index (Phi) is 5.10. The number of methoxy groups -OCH3 is 1. The van der Waals surface area contributed by atoms with E-state index in [2.05, 4.69) is 30.6 Å². The molecule has 1 aliphatic heterocycles. The van der Waals surface area contributed by atoms with Gasteiger partial charge < -0.3 is 24.7 Å². The number of imidazole rings is 1. The van der Waals surface area contributed by atoms with Gasteiger partial charge in [-0.15, -0.1) is 0 Å². The minimum atomic E-state index is -0.640. The van der Waals surface area contributed by atoms with Gasteiger partial charge in [0, 0.05) is 37.6 Å². The van der Waals surface area contributed by atoms with Crippen molar-refractivity contribution in [1.82, 2.24) is 29.3 Å². The van der Waals surface area contributed by atoms with Crippen molar-refractivity contribution in [2.75, 3.05) is 30.4 Å². The van der Waals surface area contributed by atoms with Crippen LogP contribution >= 0.6 is 0 Å². The Bertz CT molecular complexity index is 1460. The molecular formula is C24H27FN8O2. The molecule has 4 aromatic rings. The van der Waals surface area contributed by atoms with Gasteiger partial charge in [0.25, 0.3) is 5.91 Å². The van der Waals surface area contributed by atoms with Gasteiger partial charge in [-0.1, -0.05) is 0 Å². The smallest absolute Gasteiger partial charge is 0.274 e. The zero-order valence-corrected chi connectivity index (χ0v) is 19.9. The first-order valence-corrected chi connectivity index (χ1v) is 11.8. The summed E-state index contributed by atoms with van der Waals surface area (Å²) >= 11 is 0. The number of aryl methyl sites for hydroxylation is 2. The highest BCUT2D eigenvalue weighted by Gasteiger charge is 2.31. The average molecular weight is 479 g/mol. The maximum Gasteiger partial charge on any atom is 0.274 e. The van der Waals surface area contributed by atoms with Crippen molar-refractivity contribution >= 4 is 28.6 Å². The van der Waals surface area contributed by atoms with E-state index in [-0.39, 0.29) is 17.1 Å². The number of nitrogens with one attached hydrogen (secondary N) is 2. The van der Waals surface area contributed by atoms with E-state index in [4.69, 9.17) is 4.74 Å². The molecule has 0 radical (unpaired) electrons. The molecule has 1 unspecified atom stereocenters. The van der Waals surface area contributed by atoms with Crippen LogP contribution in [0, 0.1) is 19.7 Å². The van der Waals surface area contributed by atoms with Gasteiger partial charge >= 0.3 is 0 Å². The van der Waals surface area contributed by atoms with Crippen molar-refractivity contribution in [2.24, 2.45) is 0 Å². The quantitative estimate of drug-likeness (QED) is 0.439. The number of carbonyl (C=O) groups excluding carboxylic acids is 1. The topological polar surface area (TPSA) is 101 Å². The minimum Gasteiger partial charge on any atom is -0.491 e. The lowest BCUT2D eigenvalue weighted by Crippen LogP contribution is -2.34. The summed E-state index contributed by atoms with van der Waals surface area (Å²) in [7, 11) is 1.36. The summed E-state index contributed by atoms with van der Waals surface area (Å²) < 4.78 is 23.3. The third-order valence-electron chi connectivity index (χ3n) is 6.59. The predicted molar refractivity (Wildman–Crippen MR) is 129 cm³/mol. The SMILES string of the molecule is COc1c(NC(=O)c2ccc(N3CCC(NC4CC4)C3)c3nc(C)nn23)cn2cc(C)nc2c1F. The Balaban J connectivity index is 1.32. The Morgan fingerprint density at radius 1 is 1.11 bits per heavy atom. The van der Waals surface area contributed by atoms with Crippen LogP contribution in [0.5, 0.6) is 5.75 Å². The third-order valence-corrected chi connectivity index (χ3v) is 6.59. The third kappa shape index (κ3) is 3.85. The van der Waals surface area contributed by atoms with Crippen molar-refractivity contribution in [2.45, 2.75) is 45.2 Å². The molecule has 2 N–H and O–H groups in total. The van der Waals surface area contributed by atoms with E-state index < -0.39 is 11.7 Å². The number of hydrogen-bond donors (Lipinski definition) is 2. The first-order valence-electron chi connectivity index (χ1n) is 11.8. The molecule has 1 atom stereocenters. The molecule has 11 heteroatoms. The standard InChI is InChI=1S/C24H27FN8O2/c1-13-10-32-12-17(21(35-3)20(25)23(32)26-13)29-24(34)19-7-6-18(22-27-14(2)30-33(19)22)31-9-8-16(11-31)28-15-4-5-15/h6-7,10,12,15-16,28H,4-5,8-9,11H2,1-3H3,(H,29,34). The molecule has 6 rings (SSSR count). The maximum absolute atomic E-state index is 15.0. The van der Waals surface area contributed by atoms with Crippen molar-refractivity contribution in [1.29, 1.82) is 0 Å². The Hall–Kier alpha value is -3.73. The highest BCUT2D eigenvalue weighted by Crippen LogP contribution is 2.32. The number of nitrogens with zero attached hydrogens (tertiary/aromatic N) is 6. The van der Waals surface area contributed by atoms with E-state index >= 15 is 0 Å². The molecule has 4 aromatic heterocycles. The summed E-state index contributed by atoms with van der Waals surface area (Å²) in [5, 5.41) is 11.0. The van der Waals surface area contributed by atoms with Crippen molar-refractivity contribution in [3.05, 3.63) is 47.6 Å². The van der Waals surface area contributed by atoms with Gasteiger partial charge in [0.1, 0.15) is 17.2 Å². The fraction of sp³-hybridized carbons (Fsp3) is 0.417. The molecule has 1 amide bonds. The van der Waals surface area contributed by atoms with E-state index in [0.717, 1.165) is 25.2 Å². The number of hydrogen-bond acceptors (Lipinski definition) is 7. The molecule has 2 fully saturated rings. The molecule has 5 heterocycles. The van der Waals surface area contributed by atoms with Crippen LogP contribution in [0.2, 0.25) is 0 Å². The van der Waals surface area contributed by atoms with E-state index in [1.54, 1.807) is 36.8 Å². The molecule has 1 aliphatic carbocycles. The second kappa shape index (κ2) is 8.19. The minimum absolute atomic E-state index is 0.0784. The van der Waals surface area contributed by atoms with Gasteiger partial charge in [-0.2, -0.15) is 9.49 Å². The maximum atomic E-state index is 15.0. The van der Waals surface area contributed by atoms with Crippen molar-refractivity contribution in [3.8, 4) is 5.75 Å². The van der Waals surface area contributed by atoms with Crippen LogP contribution < -0.4 is 20.3 Å². The van der Waals surface area contributed by atoms with Gasteiger partial charge in [0.15, 0.2) is 17.0 Å². The van der Waals surface area contributed by atoms with Crippen molar-refractivity contribution < 1.29 is 13.9 Å². The molecule has 1 saturated carbocycles. The van der Waals surface area contributed by atoms with Gasteiger partial charge in [-0.25, -0.2) is 14.5 Å². The monoisotopic (exact) mass is 478 g/mol.